The summed E-state index contributed by atoms with van der Waals surface area (Å²) in [6, 6.07) is 5.05. The van der Waals surface area contributed by atoms with Crippen LogP contribution in [0, 0.1) is 11.7 Å². The molecule has 5 heteroatoms. The SMILES string of the molecule is Cl.NCC1CCN(Cc2cc(F)cc(Br)c2)C1. The second kappa shape index (κ2) is 6.69. The van der Waals surface area contributed by atoms with Gasteiger partial charge < -0.3 is 5.73 Å². The third-order valence-electron chi connectivity index (χ3n) is 3.03. The number of nitrogens with zero attached hydrogens (tertiary/aromatic N) is 1. The second-order valence-corrected chi connectivity index (χ2v) is 5.32. The predicted octanol–water partition coefficient (Wildman–Crippen LogP) is 2.79. The van der Waals surface area contributed by atoms with E-state index in [-0.39, 0.29) is 18.2 Å². The van der Waals surface area contributed by atoms with Gasteiger partial charge in [-0.1, -0.05) is 15.9 Å². The molecule has 0 radical (unpaired) electrons. The zero-order valence-corrected chi connectivity index (χ0v) is 11.9. The number of nitrogens with two attached hydrogens (primary N) is 1. The smallest absolute Gasteiger partial charge is 0.124 e. The van der Waals surface area contributed by atoms with Crippen LogP contribution in [0.2, 0.25) is 0 Å². The molecule has 17 heavy (non-hydrogen) atoms. The Hall–Kier alpha value is -0.160. The quantitative estimate of drug-likeness (QED) is 0.927. The molecule has 1 aromatic rings. The summed E-state index contributed by atoms with van der Waals surface area (Å²) in [5.74, 6) is 0.427. The van der Waals surface area contributed by atoms with Crippen LogP contribution in [0.3, 0.4) is 0 Å². The summed E-state index contributed by atoms with van der Waals surface area (Å²) in [5, 5.41) is 0. The van der Waals surface area contributed by atoms with E-state index in [0.717, 1.165) is 42.6 Å². The van der Waals surface area contributed by atoms with Gasteiger partial charge in [0.05, 0.1) is 0 Å². The van der Waals surface area contributed by atoms with Crippen LogP contribution in [0.4, 0.5) is 4.39 Å². The van der Waals surface area contributed by atoms with Crippen LogP contribution in [0.15, 0.2) is 22.7 Å². The number of rotatable bonds is 3. The fourth-order valence-electron chi connectivity index (χ4n) is 2.21. The molecule has 1 aliphatic rings. The van der Waals surface area contributed by atoms with E-state index in [0.29, 0.717) is 5.92 Å². The number of halogens is 3. The average molecular weight is 324 g/mol. The van der Waals surface area contributed by atoms with E-state index in [1.165, 1.54) is 6.07 Å². The van der Waals surface area contributed by atoms with Gasteiger partial charge in [0.1, 0.15) is 5.82 Å². The topological polar surface area (TPSA) is 29.3 Å². The molecule has 0 aliphatic carbocycles. The standard InChI is InChI=1S/C12H16BrFN2.ClH/c13-11-3-10(4-12(14)5-11)8-16-2-1-9(6-15)7-16;/h3-5,9H,1-2,6-8,15H2;1H. The van der Waals surface area contributed by atoms with Crippen molar-refractivity contribution < 1.29 is 4.39 Å². The fraction of sp³-hybridized carbons (Fsp3) is 0.500. The summed E-state index contributed by atoms with van der Waals surface area (Å²) in [6.45, 7) is 3.66. The molecule has 96 valence electrons. The first-order valence-corrected chi connectivity index (χ1v) is 6.34. The summed E-state index contributed by atoms with van der Waals surface area (Å²) in [4.78, 5) is 2.33. The summed E-state index contributed by atoms with van der Waals surface area (Å²) in [5.41, 5.74) is 6.66. The van der Waals surface area contributed by atoms with Gasteiger partial charge >= 0.3 is 0 Å². The Morgan fingerprint density at radius 2 is 2.18 bits per heavy atom. The number of likely N-dealkylation sites (tertiary alicyclic amines) is 1. The molecule has 0 spiro atoms. The Kier molecular flexibility index (Phi) is 5.86. The van der Waals surface area contributed by atoms with E-state index in [9.17, 15) is 4.39 Å². The van der Waals surface area contributed by atoms with Crippen LogP contribution in [-0.4, -0.2) is 24.5 Å². The van der Waals surface area contributed by atoms with Gasteiger partial charge in [-0.05, 0) is 49.2 Å². The van der Waals surface area contributed by atoms with Crippen molar-refractivity contribution >= 4 is 28.3 Å². The molecule has 1 atom stereocenters. The molecule has 2 nitrogen and oxygen atoms in total. The first-order chi connectivity index (χ1) is 7.67. The van der Waals surface area contributed by atoms with Crippen molar-refractivity contribution in [3.63, 3.8) is 0 Å². The Morgan fingerprint density at radius 3 is 2.76 bits per heavy atom. The van der Waals surface area contributed by atoms with Crippen molar-refractivity contribution in [3.8, 4) is 0 Å². The third-order valence-corrected chi connectivity index (χ3v) is 3.49. The minimum atomic E-state index is -0.182. The number of benzene rings is 1. The molecular formula is C12H17BrClFN2. The highest BCUT2D eigenvalue weighted by atomic mass is 79.9. The van der Waals surface area contributed by atoms with Gasteiger partial charge in [-0.25, -0.2) is 4.39 Å². The Morgan fingerprint density at radius 1 is 1.41 bits per heavy atom. The monoisotopic (exact) mass is 322 g/mol. The molecular weight excluding hydrogens is 307 g/mol. The van der Waals surface area contributed by atoms with E-state index in [1.54, 1.807) is 6.07 Å². The van der Waals surface area contributed by atoms with E-state index >= 15 is 0 Å². The summed E-state index contributed by atoms with van der Waals surface area (Å²) in [7, 11) is 0. The van der Waals surface area contributed by atoms with E-state index in [4.69, 9.17) is 5.73 Å². The fourth-order valence-corrected chi connectivity index (χ4v) is 2.72. The van der Waals surface area contributed by atoms with Gasteiger partial charge in [-0.2, -0.15) is 0 Å². The molecule has 0 saturated carbocycles. The van der Waals surface area contributed by atoms with Crippen LogP contribution in [0.1, 0.15) is 12.0 Å². The molecule has 1 heterocycles. The minimum absolute atomic E-state index is 0. The number of hydrogen-bond acceptors (Lipinski definition) is 2. The minimum Gasteiger partial charge on any atom is -0.330 e. The van der Waals surface area contributed by atoms with Gasteiger partial charge in [0.25, 0.3) is 0 Å². The maximum absolute atomic E-state index is 13.2. The van der Waals surface area contributed by atoms with Crippen molar-refractivity contribution in [1.29, 1.82) is 0 Å². The molecule has 0 bridgehead atoms. The van der Waals surface area contributed by atoms with E-state index < -0.39 is 0 Å². The highest BCUT2D eigenvalue weighted by Gasteiger charge is 2.21. The van der Waals surface area contributed by atoms with Crippen LogP contribution >= 0.6 is 28.3 Å². The van der Waals surface area contributed by atoms with Crippen molar-refractivity contribution in [1.82, 2.24) is 4.90 Å². The van der Waals surface area contributed by atoms with Crippen LogP contribution in [-0.2, 0) is 6.54 Å². The molecule has 1 aromatic carbocycles. The van der Waals surface area contributed by atoms with Crippen molar-refractivity contribution in [2.24, 2.45) is 11.7 Å². The summed E-state index contributed by atoms with van der Waals surface area (Å²) < 4.78 is 14.0. The van der Waals surface area contributed by atoms with Gasteiger partial charge in [0.15, 0.2) is 0 Å². The summed E-state index contributed by atoms with van der Waals surface area (Å²) >= 11 is 3.31. The second-order valence-electron chi connectivity index (χ2n) is 4.40. The normalized spacial score (nSPS) is 20.3. The van der Waals surface area contributed by atoms with Crippen molar-refractivity contribution in [3.05, 3.63) is 34.1 Å². The molecule has 0 aromatic heterocycles. The molecule has 1 saturated heterocycles. The first-order valence-electron chi connectivity index (χ1n) is 5.55. The molecule has 1 unspecified atom stereocenters. The predicted molar refractivity (Wildman–Crippen MR) is 73.8 cm³/mol. The molecule has 0 amide bonds. The molecule has 2 N–H and O–H groups in total. The van der Waals surface area contributed by atoms with Crippen LogP contribution in [0.25, 0.3) is 0 Å². The van der Waals surface area contributed by atoms with Gasteiger partial charge in [-0.3, -0.25) is 4.90 Å². The van der Waals surface area contributed by atoms with Gasteiger partial charge in [-0.15, -0.1) is 12.4 Å². The molecule has 2 rings (SSSR count). The third kappa shape index (κ3) is 4.21. The highest BCUT2D eigenvalue weighted by Crippen LogP contribution is 2.20. The van der Waals surface area contributed by atoms with Crippen LogP contribution in [0.5, 0.6) is 0 Å². The van der Waals surface area contributed by atoms with Crippen molar-refractivity contribution in [2.45, 2.75) is 13.0 Å². The zero-order valence-electron chi connectivity index (χ0n) is 9.53. The Balaban J connectivity index is 0.00000144. The van der Waals surface area contributed by atoms with Crippen molar-refractivity contribution in [2.75, 3.05) is 19.6 Å². The lowest BCUT2D eigenvalue weighted by Crippen LogP contribution is -2.22. The Labute approximate surface area is 116 Å². The van der Waals surface area contributed by atoms with E-state index in [1.807, 2.05) is 6.07 Å². The largest absolute Gasteiger partial charge is 0.330 e. The Bertz CT molecular complexity index is 355. The lowest BCUT2D eigenvalue weighted by Gasteiger charge is -2.15. The molecule has 1 aliphatic heterocycles. The van der Waals surface area contributed by atoms with Crippen LogP contribution < -0.4 is 5.73 Å². The maximum Gasteiger partial charge on any atom is 0.124 e. The lowest BCUT2D eigenvalue weighted by atomic mass is 10.1. The van der Waals surface area contributed by atoms with Gasteiger partial charge in [0.2, 0.25) is 0 Å². The van der Waals surface area contributed by atoms with E-state index in [2.05, 4.69) is 20.8 Å². The summed E-state index contributed by atoms with van der Waals surface area (Å²) in [6.07, 6.45) is 1.16. The first kappa shape index (κ1) is 14.9. The van der Waals surface area contributed by atoms with Gasteiger partial charge in [0, 0.05) is 17.6 Å². The molecule has 1 fully saturated rings. The average Bonchev–Trinajstić information content (AvgIpc) is 2.64. The lowest BCUT2D eigenvalue weighted by molar-refractivity contribution is 0.317. The maximum atomic E-state index is 13.2. The number of hydrogen-bond donors (Lipinski definition) is 1. The highest BCUT2D eigenvalue weighted by molar-refractivity contribution is 9.10. The zero-order chi connectivity index (χ0) is 11.5.